The van der Waals surface area contributed by atoms with Crippen LogP contribution in [0.3, 0.4) is 0 Å². The first-order valence-corrected chi connectivity index (χ1v) is 5.07. The summed E-state index contributed by atoms with van der Waals surface area (Å²) in [6, 6.07) is 0.349. The number of rotatable bonds is 3. The SMILES string of the molecule is COCc1ncc(C2CCCCN2)o1. The number of nitrogens with one attached hydrogen (secondary N) is 1. The molecule has 2 rings (SSSR count). The normalized spacial score (nSPS) is 22.5. The van der Waals surface area contributed by atoms with Gasteiger partial charge in [-0.15, -0.1) is 0 Å². The Balaban J connectivity index is 2.00. The van der Waals surface area contributed by atoms with E-state index in [9.17, 15) is 0 Å². The van der Waals surface area contributed by atoms with Crippen LogP contribution in [-0.2, 0) is 11.3 Å². The fourth-order valence-electron chi connectivity index (χ4n) is 1.77. The lowest BCUT2D eigenvalue weighted by Gasteiger charge is -2.20. The van der Waals surface area contributed by atoms with Crippen molar-refractivity contribution in [1.29, 1.82) is 0 Å². The predicted molar refractivity (Wildman–Crippen MR) is 51.8 cm³/mol. The molecule has 1 N–H and O–H groups in total. The molecule has 78 valence electrons. The number of oxazole rings is 1. The quantitative estimate of drug-likeness (QED) is 0.798. The highest BCUT2D eigenvalue weighted by Gasteiger charge is 2.18. The summed E-state index contributed by atoms with van der Waals surface area (Å²) >= 11 is 0. The molecule has 1 aliphatic heterocycles. The van der Waals surface area contributed by atoms with Crippen molar-refractivity contribution in [2.45, 2.75) is 31.9 Å². The van der Waals surface area contributed by atoms with Gasteiger partial charge in [-0.25, -0.2) is 4.98 Å². The van der Waals surface area contributed by atoms with E-state index in [1.165, 1.54) is 12.8 Å². The molecule has 1 unspecified atom stereocenters. The molecular weight excluding hydrogens is 180 g/mol. The van der Waals surface area contributed by atoms with E-state index in [0.29, 0.717) is 18.5 Å². The zero-order valence-electron chi connectivity index (χ0n) is 8.45. The molecule has 0 aliphatic carbocycles. The molecular formula is C10H16N2O2. The largest absolute Gasteiger partial charge is 0.442 e. The predicted octanol–water partition coefficient (Wildman–Crippen LogP) is 1.64. The summed E-state index contributed by atoms with van der Waals surface area (Å²) in [5, 5.41) is 3.42. The molecule has 0 saturated carbocycles. The van der Waals surface area contributed by atoms with E-state index < -0.39 is 0 Å². The summed E-state index contributed by atoms with van der Waals surface area (Å²) in [6.45, 7) is 1.53. The second-order valence-electron chi connectivity index (χ2n) is 3.59. The molecule has 2 heterocycles. The third kappa shape index (κ3) is 2.13. The van der Waals surface area contributed by atoms with Crippen LogP contribution in [0.1, 0.15) is 37.0 Å². The Morgan fingerprint density at radius 3 is 3.29 bits per heavy atom. The Labute approximate surface area is 83.7 Å². The summed E-state index contributed by atoms with van der Waals surface area (Å²) in [5.41, 5.74) is 0. The van der Waals surface area contributed by atoms with Gasteiger partial charge in [-0.1, -0.05) is 6.42 Å². The van der Waals surface area contributed by atoms with Gasteiger partial charge in [-0.3, -0.25) is 0 Å². The number of hydrogen-bond donors (Lipinski definition) is 1. The van der Waals surface area contributed by atoms with Gasteiger partial charge in [0.25, 0.3) is 0 Å². The molecule has 1 fully saturated rings. The van der Waals surface area contributed by atoms with Crippen molar-refractivity contribution in [3.8, 4) is 0 Å². The fraction of sp³-hybridized carbons (Fsp3) is 0.700. The molecule has 1 aromatic rings. The van der Waals surface area contributed by atoms with Crippen molar-refractivity contribution >= 4 is 0 Å². The van der Waals surface area contributed by atoms with Gasteiger partial charge in [0.1, 0.15) is 12.4 Å². The minimum absolute atomic E-state index is 0.349. The molecule has 0 amide bonds. The number of aromatic nitrogens is 1. The van der Waals surface area contributed by atoms with Gasteiger partial charge in [0.05, 0.1) is 12.2 Å². The Morgan fingerprint density at radius 2 is 2.57 bits per heavy atom. The highest BCUT2D eigenvalue weighted by atomic mass is 16.5. The van der Waals surface area contributed by atoms with E-state index in [-0.39, 0.29) is 0 Å². The van der Waals surface area contributed by atoms with E-state index in [1.54, 1.807) is 13.3 Å². The summed E-state index contributed by atoms with van der Waals surface area (Å²) in [5.74, 6) is 1.60. The van der Waals surface area contributed by atoms with E-state index in [0.717, 1.165) is 18.7 Å². The molecule has 4 nitrogen and oxygen atoms in total. The van der Waals surface area contributed by atoms with Crippen LogP contribution in [-0.4, -0.2) is 18.6 Å². The number of hydrogen-bond acceptors (Lipinski definition) is 4. The second-order valence-corrected chi connectivity index (χ2v) is 3.59. The number of ether oxygens (including phenoxy) is 1. The van der Waals surface area contributed by atoms with Crippen molar-refractivity contribution in [2.24, 2.45) is 0 Å². The van der Waals surface area contributed by atoms with Crippen LogP contribution in [0.2, 0.25) is 0 Å². The highest BCUT2D eigenvalue weighted by Crippen LogP contribution is 2.23. The first-order chi connectivity index (χ1) is 6.90. The molecule has 1 atom stereocenters. The van der Waals surface area contributed by atoms with Crippen molar-refractivity contribution in [1.82, 2.24) is 10.3 Å². The van der Waals surface area contributed by atoms with E-state index >= 15 is 0 Å². The fourth-order valence-corrected chi connectivity index (χ4v) is 1.77. The zero-order valence-corrected chi connectivity index (χ0v) is 8.45. The minimum atomic E-state index is 0.349. The van der Waals surface area contributed by atoms with Gasteiger partial charge in [0.2, 0.25) is 5.89 Å². The number of nitrogens with zero attached hydrogens (tertiary/aromatic N) is 1. The molecule has 1 aliphatic rings. The van der Waals surface area contributed by atoms with Gasteiger partial charge < -0.3 is 14.5 Å². The molecule has 1 saturated heterocycles. The number of piperidine rings is 1. The van der Waals surface area contributed by atoms with E-state index in [2.05, 4.69) is 10.3 Å². The maximum Gasteiger partial charge on any atom is 0.220 e. The molecule has 14 heavy (non-hydrogen) atoms. The highest BCUT2D eigenvalue weighted by molar-refractivity contribution is 5.01. The average Bonchev–Trinajstić information content (AvgIpc) is 2.68. The van der Waals surface area contributed by atoms with Crippen LogP contribution in [0, 0.1) is 0 Å². The Hall–Kier alpha value is -0.870. The smallest absolute Gasteiger partial charge is 0.220 e. The second kappa shape index (κ2) is 4.57. The van der Waals surface area contributed by atoms with Gasteiger partial charge in [-0.2, -0.15) is 0 Å². The summed E-state index contributed by atoms with van der Waals surface area (Å²) in [4.78, 5) is 4.15. The first kappa shape index (κ1) is 9.68. The summed E-state index contributed by atoms with van der Waals surface area (Å²) < 4.78 is 10.5. The summed E-state index contributed by atoms with van der Waals surface area (Å²) in [7, 11) is 1.64. The van der Waals surface area contributed by atoms with Crippen LogP contribution >= 0.6 is 0 Å². The topological polar surface area (TPSA) is 47.3 Å². The maximum atomic E-state index is 5.56. The Bertz CT molecular complexity index is 279. The Kier molecular flexibility index (Phi) is 3.16. The lowest BCUT2D eigenvalue weighted by molar-refractivity contribution is 0.156. The molecule has 1 aromatic heterocycles. The third-order valence-electron chi connectivity index (χ3n) is 2.49. The summed E-state index contributed by atoms with van der Waals surface area (Å²) in [6.07, 6.45) is 5.46. The molecule has 0 aromatic carbocycles. The molecule has 4 heteroatoms. The van der Waals surface area contributed by atoms with E-state index in [4.69, 9.17) is 9.15 Å². The number of methoxy groups -OCH3 is 1. The first-order valence-electron chi connectivity index (χ1n) is 5.07. The van der Waals surface area contributed by atoms with Gasteiger partial charge in [0, 0.05) is 7.11 Å². The molecule has 0 radical (unpaired) electrons. The van der Waals surface area contributed by atoms with Gasteiger partial charge in [-0.05, 0) is 19.4 Å². The van der Waals surface area contributed by atoms with Gasteiger partial charge in [0.15, 0.2) is 0 Å². The van der Waals surface area contributed by atoms with Crippen LogP contribution in [0.25, 0.3) is 0 Å². The molecule has 0 bridgehead atoms. The van der Waals surface area contributed by atoms with Crippen molar-refractivity contribution in [3.63, 3.8) is 0 Å². The van der Waals surface area contributed by atoms with Gasteiger partial charge >= 0.3 is 0 Å². The third-order valence-corrected chi connectivity index (χ3v) is 2.49. The zero-order chi connectivity index (χ0) is 9.80. The minimum Gasteiger partial charge on any atom is -0.442 e. The van der Waals surface area contributed by atoms with E-state index in [1.807, 2.05) is 0 Å². The Morgan fingerprint density at radius 1 is 1.64 bits per heavy atom. The van der Waals surface area contributed by atoms with Crippen LogP contribution in [0.5, 0.6) is 0 Å². The van der Waals surface area contributed by atoms with Crippen LogP contribution in [0.15, 0.2) is 10.6 Å². The maximum absolute atomic E-state index is 5.56. The van der Waals surface area contributed by atoms with Crippen LogP contribution < -0.4 is 5.32 Å². The standard InChI is InChI=1S/C10H16N2O2/c1-13-7-10-12-6-9(14-10)8-4-2-3-5-11-8/h6,8,11H,2-5,7H2,1H3. The monoisotopic (exact) mass is 196 g/mol. The average molecular weight is 196 g/mol. The van der Waals surface area contributed by atoms with Crippen molar-refractivity contribution < 1.29 is 9.15 Å². The lowest BCUT2D eigenvalue weighted by Crippen LogP contribution is -2.26. The van der Waals surface area contributed by atoms with Crippen molar-refractivity contribution in [2.75, 3.05) is 13.7 Å². The molecule has 0 spiro atoms. The van der Waals surface area contributed by atoms with Crippen LogP contribution in [0.4, 0.5) is 0 Å². The lowest BCUT2D eigenvalue weighted by atomic mass is 10.0. The van der Waals surface area contributed by atoms with Crippen molar-refractivity contribution in [3.05, 3.63) is 17.8 Å².